The molecule has 0 saturated carbocycles. The van der Waals surface area contributed by atoms with Crippen molar-refractivity contribution >= 4 is 22.5 Å². The molecule has 2 aliphatic rings. The fourth-order valence-electron chi connectivity index (χ4n) is 5.39. The third kappa shape index (κ3) is 4.06. The molecule has 208 valence electrons. The quantitative estimate of drug-likeness (QED) is 0.362. The number of alkyl halides is 4. The number of anilines is 1. The largest absolute Gasteiger partial charge is 0.479 e. The summed E-state index contributed by atoms with van der Waals surface area (Å²) in [6.45, 7) is 1.80. The third-order valence-electron chi connectivity index (χ3n) is 7.54. The number of rotatable bonds is 6. The van der Waals surface area contributed by atoms with Crippen LogP contribution in [0.25, 0.3) is 27.7 Å². The second kappa shape index (κ2) is 9.26. The van der Waals surface area contributed by atoms with Crippen molar-refractivity contribution in [3.05, 3.63) is 29.7 Å². The molecule has 2 saturated heterocycles. The van der Waals surface area contributed by atoms with Gasteiger partial charge in [-0.1, -0.05) is 11.3 Å². The molecular formula is C24H25F5N8O2. The Morgan fingerprint density at radius 3 is 2.64 bits per heavy atom. The molecule has 2 atom stereocenters. The zero-order chi connectivity index (χ0) is 27.6. The highest BCUT2D eigenvalue weighted by atomic mass is 19.3. The number of fused-ring (bicyclic) bond motifs is 2. The van der Waals surface area contributed by atoms with E-state index in [0.717, 1.165) is 9.20 Å². The number of nitrogens with zero attached hydrogens (tertiary/aromatic N) is 7. The number of nitrogens with two attached hydrogens (primary N) is 1. The van der Waals surface area contributed by atoms with Crippen molar-refractivity contribution in [3.63, 3.8) is 0 Å². The second-order valence-corrected chi connectivity index (χ2v) is 9.89. The molecule has 39 heavy (non-hydrogen) atoms. The highest BCUT2D eigenvalue weighted by Crippen LogP contribution is 2.47. The van der Waals surface area contributed by atoms with E-state index in [1.165, 1.54) is 32.2 Å². The highest BCUT2D eigenvalue weighted by Gasteiger charge is 2.50. The molecular weight excluding hydrogens is 527 g/mol. The van der Waals surface area contributed by atoms with E-state index in [0.29, 0.717) is 25.3 Å². The van der Waals surface area contributed by atoms with E-state index in [2.05, 4.69) is 20.4 Å². The summed E-state index contributed by atoms with van der Waals surface area (Å²) < 4.78 is 87.3. The van der Waals surface area contributed by atoms with Gasteiger partial charge in [0.1, 0.15) is 17.1 Å². The highest BCUT2D eigenvalue weighted by molar-refractivity contribution is 5.90. The van der Waals surface area contributed by atoms with Crippen LogP contribution in [0.4, 0.5) is 27.9 Å². The predicted octanol–water partition coefficient (Wildman–Crippen LogP) is 3.52. The molecule has 2 N–H and O–H groups in total. The van der Waals surface area contributed by atoms with Gasteiger partial charge in [0.2, 0.25) is 11.8 Å². The van der Waals surface area contributed by atoms with Gasteiger partial charge in [-0.25, -0.2) is 31.1 Å². The number of halogens is 5. The SMILES string of the molecule is COc1nc(N)nn2c([C@H]3CCN(C4COC4)CC3(F)F)c(F)c(-c3ccc4nnn([C@@H](C)C(F)F)c4c3)c12. The van der Waals surface area contributed by atoms with E-state index in [4.69, 9.17) is 15.2 Å². The summed E-state index contributed by atoms with van der Waals surface area (Å²) in [5.74, 6) is -6.18. The van der Waals surface area contributed by atoms with Gasteiger partial charge in [-0.05, 0) is 37.6 Å². The minimum atomic E-state index is -3.30. The zero-order valence-electron chi connectivity index (χ0n) is 21.0. The maximum atomic E-state index is 16.5. The number of hydrogen-bond donors (Lipinski definition) is 1. The molecule has 2 aliphatic heterocycles. The molecule has 0 aliphatic carbocycles. The van der Waals surface area contributed by atoms with Crippen molar-refractivity contribution in [2.45, 2.75) is 43.7 Å². The van der Waals surface area contributed by atoms with E-state index in [9.17, 15) is 8.78 Å². The molecule has 6 rings (SSSR count). The van der Waals surface area contributed by atoms with Crippen molar-refractivity contribution in [3.8, 4) is 17.0 Å². The average molecular weight is 553 g/mol. The molecule has 0 spiro atoms. The number of ether oxygens (including phenoxy) is 2. The molecule has 0 bridgehead atoms. The summed E-state index contributed by atoms with van der Waals surface area (Å²) in [4.78, 5) is 5.69. The summed E-state index contributed by atoms with van der Waals surface area (Å²) >= 11 is 0. The van der Waals surface area contributed by atoms with Gasteiger partial charge in [0, 0.05) is 0 Å². The predicted molar refractivity (Wildman–Crippen MR) is 130 cm³/mol. The summed E-state index contributed by atoms with van der Waals surface area (Å²) in [5.41, 5.74) is 6.10. The zero-order valence-corrected chi connectivity index (χ0v) is 21.0. The minimum absolute atomic E-state index is 0.00916. The van der Waals surface area contributed by atoms with Crippen LogP contribution in [0.5, 0.6) is 5.88 Å². The average Bonchev–Trinajstić information content (AvgIpc) is 3.39. The van der Waals surface area contributed by atoms with Crippen molar-refractivity contribution < 1.29 is 31.4 Å². The normalized spacial score (nSPS) is 21.1. The lowest BCUT2D eigenvalue weighted by Gasteiger charge is -2.44. The monoisotopic (exact) mass is 552 g/mol. The van der Waals surface area contributed by atoms with Gasteiger partial charge in [-0.3, -0.25) is 4.90 Å². The third-order valence-corrected chi connectivity index (χ3v) is 7.54. The molecule has 15 heteroatoms. The molecule has 0 amide bonds. The molecule has 0 unspecified atom stereocenters. The number of nitrogen functional groups attached to an aromatic ring is 1. The van der Waals surface area contributed by atoms with Crippen LogP contribution >= 0.6 is 0 Å². The Kier molecular flexibility index (Phi) is 6.10. The Morgan fingerprint density at radius 2 is 2.00 bits per heavy atom. The van der Waals surface area contributed by atoms with Crippen LogP contribution in [0.2, 0.25) is 0 Å². The van der Waals surface area contributed by atoms with Crippen LogP contribution in [-0.4, -0.2) is 86.3 Å². The molecule has 3 aromatic heterocycles. The Bertz CT molecular complexity index is 1550. The van der Waals surface area contributed by atoms with Gasteiger partial charge >= 0.3 is 0 Å². The first-order valence-electron chi connectivity index (χ1n) is 12.4. The van der Waals surface area contributed by atoms with Crippen LogP contribution in [0.3, 0.4) is 0 Å². The van der Waals surface area contributed by atoms with Gasteiger partial charge in [-0.2, -0.15) is 4.98 Å². The van der Waals surface area contributed by atoms with Gasteiger partial charge in [-0.15, -0.1) is 10.2 Å². The maximum absolute atomic E-state index is 16.5. The van der Waals surface area contributed by atoms with E-state index in [1.54, 1.807) is 4.90 Å². The first-order chi connectivity index (χ1) is 18.6. The molecule has 5 heterocycles. The van der Waals surface area contributed by atoms with Crippen LogP contribution in [0.1, 0.15) is 31.0 Å². The Hall–Kier alpha value is -3.59. The first kappa shape index (κ1) is 25.7. The summed E-state index contributed by atoms with van der Waals surface area (Å²) in [5, 5.41) is 11.8. The number of benzene rings is 1. The fraction of sp³-hybridized carbons (Fsp3) is 0.500. The second-order valence-electron chi connectivity index (χ2n) is 9.89. The van der Waals surface area contributed by atoms with Crippen LogP contribution in [0.15, 0.2) is 18.2 Å². The maximum Gasteiger partial charge on any atom is 0.268 e. The topological polar surface area (TPSA) is 109 Å². The molecule has 10 nitrogen and oxygen atoms in total. The van der Waals surface area contributed by atoms with Gasteiger partial charge in [0.05, 0.1) is 55.6 Å². The van der Waals surface area contributed by atoms with Gasteiger partial charge in [0.25, 0.3) is 12.3 Å². The van der Waals surface area contributed by atoms with Crippen LogP contribution in [-0.2, 0) is 4.74 Å². The summed E-state index contributed by atoms with van der Waals surface area (Å²) in [6.07, 6.45) is -2.77. The number of piperidine rings is 1. The lowest BCUT2D eigenvalue weighted by Crippen LogP contribution is -2.57. The number of likely N-dealkylation sites (tertiary alicyclic amines) is 1. The standard InChI is InChI=1S/C24H25F5N8O2/c1-11(21(26)27)36-16-7-12(3-4-15(16)32-34-36)17-18(25)19(37-20(17)22(38-2)31-23(30)33-37)14-5-6-35(10-24(14,28)29)13-8-39-9-13/h3-4,7,11,13-14,21H,5-6,8-10H2,1-2H3,(H2,30,33)/t11-,14+/m0/s1. The fourth-order valence-corrected chi connectivity index (χ4v) is 5.39. The van der Waals surface area contributed by atoms with E-state index < -0.39 is 36.7 Å². The van der Waals surface area contributed by atoms with Crippen molar-refractivity contribution in [2.24, 2.45) is 0 Å². The Morgan fingerprint density at radius 1 is 1.23 bits per heavy atom. The molecule has 2 fully saturated rings. The number of aromatic nitrogens is 6. The Labute approximate surface area is 218 Å². The van der Waals surface area contributed by atoms with E-state index in [-0.39, 0.29) is 52.1 Å². The minimum Gasteiger partial charge on any atom is -0.479 e. The first-order valence-corrected chi connectivity index (χ1v) is 12.4. The number of hydrogen-bond acceptors (Lipinski definition) is 8. The molecule has 1 aromatic carbocycles. The van der Waals surface area contributed by atoms with E-state index in [1.807, 2.05) is 0 Å². The summed E-state index contributed by atoms with van der Waals surface area (Å²) in [6, 6.07) is 3.03. The molecule has 0 radical (unpaired) electrons. The number of methoxy groups -OCH3 is 1. The van der Waals surface area contributed by atoms with Gasteiger partial charge < -0.3 is 15.2 Å². The lowest BCUT2D eigenvalue weighted by molar-refractivity contribution is -0.137. The summed E-state index contributed by atoms with van der Waals surface area (Å²) in [7, 11) is 1.29. The van der Waals surface area contributed by atoms with Crippen LogP contribution in [0, 0.1) is 5.82 Å². The smallest absolute Gasteiger partial charge is 0.268 e. The van der Waals surface area contributed by atoms with Crippen molar-refractivity contribution in [1.82, 2.24) is 34.5 Å². The van der Waals surface area contributed by atoms with Crippen molar-refractivity contribution in [2.75, 3.05) is 39.1 Å². The van der Waals surface area contributed by atoms with Crippen LogP contribution < -0.4 is 10.5 Å². The lowest BCUT2D eigenvalue weighted by atomic mass is 9.88. The van der Waals surface area contributed by atoms with Gasteiger partial charge in [0.15, 0.2) is 5.82 Å². The molecule has 4 aromatic rings. The van der Waals surface area contributed by atoms with Crippen molar-refractivity contribution in [1.29, 1.82) is 0 Å². The Balaban J connectivity index is 1.54. The van der Waals surface area contributed by atoms with E-state index >= 15 is 13.2 Å².